The molecule has 4 rings (SSSR count). The van der Waals surface area contributed by atoms with Gasteiger partial charge in [-0.1, -0.05) is 54.1 Å². The Kier molecular flexibility index (Phi) is 3.19. The molecule has 0 aromatic heterocycles. The van der Waals surface area contributed by atoms with Crippen molar-refractivity contribution in [2.75, 3.05) is 0 Å². The van der Waals surface area contributed by atoms with E-state index >= 15 is 0 Å². The Labute approximate surface area is 136 Å². The van der Waals surface area contributed by atoms with Crippen LogP contribution in [-0.2, 0) is 4.79 Å². The normalized spacial score (nSPS) is 22.4. The van der Waals surface area contributed by atoms with Crippen LogP contribution >= 0.6 is 0 Å². The summed E-state index contributed by atoms with van der Waals surface area (Å²) in [5, 5.41) is 0. The fourth-order valence-corrected chi connectivity index (χ4v) is 3.66. The predicted molar refractivity (Wildman–Crippen MR) is 92.7 cm³/mol. The van der Waals surface area contributed by atoms with Gasteiger partial charge in [-0.15, -0.1) is 0 Å². The molecule has 2 atom stereocenters. The van der Waals surface area contributed by atoms with E-state index in [0.717, 1.165) is 11.3 Å². The van der Waals surface area contributed by atoms with E-state index in [2.05, 4.69) is 66.6 Å². The number of aryl methyl sites for hydroxylation is 1. The Hall–Kier alpha value is -2.61. The Morgan fingerprint density at radius 1 is 0.957 bits per heavy atom. The molecule has 0 N–H and O–H groups in total. The van der Waals surface area contributed by atoms with E-state index in [1.54, 1.807) is 6.08 Å². The van der Waals surface area contributed by atoms with Crippen molar-refractivity contribution in [2.45, 2.75) is 25.8 Å². The lowest BCUT2D eigenvalue weighted by Crippen LogP contribution is -2.37. The third-order valence-corrected chi connectivity index (χ3v) is 4.85. The Bertz CT molecular complexity index is 829. The molecule has 0 fully saturated rings. The quantitative estimate of drug-likeness (QED) is 0.767. The highest BCUT2D eigenvalue weighted by Crippen LogP contribution is 2.45. The summed E-state index contributed by atoms with van der Waals surface area (Å²) < 4.78 is 0. The standard InChI is InChI=1S/C21H19NO/c1-14-7-9-17(10-8-14)20-19(23)13-15(2)22-12-11-16-5-3-4-6-18(16)21(20)22/h3-13,20-21H,1-2H3. The summed E-state index contributed by atoms with van der Waals surface area (Å²) in [6.07, 6.45) is 6.01. The second kappa shape index (κ2) is 5.24. The minimum atomic E-state index is -0.162. The minimum Gasteiger partial charge on any atom is -0.343 e. The molecule has 2 nitrogen and oxygen atoms in total. The zero-order valence-electron chi connectivity index (χ0n) is 13.4. The molecule has 2 heteroatoms. The molecule has 0 radical (unpaired) electrons. The van der Waals surface area contributed by atoms with Crippen molar-refractivity contribution in [3.63, 3.8) is 0 Å². The molecule has 0 saturated heterocycles. The Balaban J connectivity index is 1.90. The van der Waals surface area contributed by atoms with Gasteiger partial charge in [0.1, 0.15) is 0 Å². The summed E-state index contributed by atoms with van der Waals surface area (Å²) in [4.78, 5) is 15.1. The highest BCUT2D eigenvalue weighted by molar-refractivity contribution is 5.98. The molecule has 0 bridgehead atoms. The molecule has 0 saturated carbocycles. The molecular weight excluding hydrogens is 282 g/mol. The van der Waals surface area contributed by atoms with Gasteiger partial charge in [0.2, 0.25) is 0 Å². The van der Waals surface area contributed by atoms with Crippen molar-refractivity contribution in [2.24, 2.45) is 0 Å². The molecule has 2 unspecified atom stereocenters. The lowest BCUT2D eigenvalue weighted by Gasteiger charge is -2.42. The molecule has 23 heavy (non-hydrogen) atoms. The smallest absolute Gasteiger partial charge is 0.167 e. The van der Waals surface area contributed by atoms with Gasteiger partial charge < -0.3 is 4.90 Å². The average Bonchev–Trinajstić information content (AvgIpc) is 2.56. The third kappa shape index (κ3) is 2.22. The van der Waals surface area contributed by atoms with E-state index < -0.39 is 0 Å². The van der Waals surface area contributed by atoms with Crippen LogP contribution in [-0.4, -0.2) is 10.7 Å². The first-order valence-corrected chi connectivity index (χ1v) is 7.99. The van der Waals surface area contributed by atoms with Crippen LogP contribution in [0.2, 0.25) is 0 Å². The summed E-state index contributed by atoms with van der Waals surface area (Å²) in [6.45, 7) is 4.08. The van der Waals surface area contributed by atoms with Gasteiger partial charge in [-0.3, -0.25) is 4.79 Å². The number of benzene rings is 2. The number of carbonyl (C=O) groups is 1. The van der Waals surface area contributed by atoms with Gasteiger partial charge in [0.15, 0.2) is 5.78 Å². The van der Waals surface area contributed by atoms with Gasteiger partial charge in [-0.25, -0.2) is 0 Å². The van der Waals surface area contributed by atoms with Crippen molar-refractivity contribution >= 4 is 11.9 Å². The summed E-state index contributed by atoms with van der Waals surface area (Å²) in [5.41, 5.74) is 5.73. The van der Waals surface area contributed by atoms with Crippen LogP contribution < -0.4 is 0 Å². The van der Waals surface area contributed by atoms with Crippen LogP contribution in [0.15, 0.2) is 66.5 Å². The molecule has 2 aliphatic rings. The zero-order chi connectivity index (χ0) is 16.0. The van der Waals surface area contributed by atoms with E-state index in [9.17, 15) is 4.79 Å². The number of hydrogen-bond donors (Lipinski definition) is 0. The second-order valence-electron chi connectivity index (χ2n) is 6.37. The van der Waals surface area contributed by atoms with E-state index in [-0.39, 0.29) is 17.7 Å². The molecule has 2 aromatic carbocycles. The van der Waals surface area contributed by atoms with Gasteiger partial charge in [-0.2, -0.15) is 0 Å². The number of fused-ring (bicyclic) bond motifs is 3. The maximum absolute atomic E-state index is 12.8. The number of ketones is 1. The fourth-order valence-electron chi connectivity index (χ4n) is 3.66. The molecule has 114 valence electrons. The van der Waals surface area contributed by atoms with E-state index in [1.165, 1.54) is 16.7 Å². The number of nitrogens with zero attached hydrogens (tertiary/aromatic N) is 1. The number of carbonyl (C=O) groups excluding carboxylic acids is 1. The van der Waals surface area contributed by atoms with E-state index in [1.807, 2.05) is 13.0 Å². The molecule has 2 aliphatic heterocycles. The first kappa shape index (κ1) is 14.0. The highest BCUT2D eigenvalue weighted by Gasteiger charge is 2.39. The van der Waals surface area contributed by atoms with Crippen molar-refractivity contribution in [1.82, 2.24) is 4.90 Å². The van der Waals surface area contributed by atoms with Crippen molar-refractivity contribution in [1.29, 1.82) is 0 Å². The zero-order valence-corrected chi connectivity index (χ0v) is 13.4. The first-order valence-electron chi connectivity index (χ1n) is 7.99. The fraction of sp³-hybridized carbons (Fsp3) is 0.190. The van der Waals surface area contributed by atoms with Gasteiger partial charge in [0.25, 0.3) is 0 Å². The van der Waals surface area contributed by atoms with Crippen LogP contribution in [0.4, 0.5) is 0 Å². The van der Waals surface area contributed by atoms with E-state index in [0.29, 0.717) is 0 Å². The summed E-state index contributed by atoms with van der Waals surface area (Å²) in [5.74, 6) is 0.0307. The molecule has 0 spiro atoms. The van der Waals surface area contributed by atoms with Crippen molar-refractivity contribution < 1.29 is 4.79 Å². The minimum absolute atomic E-state index is 0.0383. The number of hydrogen-bond acceptors (Lipinski definition) is 2. The summed E-state index contributed by atoms with van der Waals surface area (Å²) in [7, 11) is 0. The lowest BCUT2D eigenvalue weighted by atomic mass is 9.77. The predicted octanol–water partition coefficient (Wildman–Crippen LogP) is 4.59. The van der Waals surface area contributed by atoms with Gasteiger partial charge in [0, 0.05) is 18.0 Å². The maximum Gasteiger partial charge on any atom is 0.167 e. The lowest BCUT2D eigenvalue weighted by molar-refractivity contribution is -0.118. The van der Waals surface area contributed by atoms with Crippen LogP contribution in [0.5, 0.6) is 0 Å². The topological polar surface area (TPSA) is 20.3 Å². The molecule has 2 heterocycles. The third-order valence-electron chi connectivity index (χ3n) is 4.85. The van der Waals surface area contributed by atoms with Gasteiger partial charge in [0.05, 0.1) is 12.0 Å². The van der Waals surface area contributed by atoms with Crippen LogP contribution in [0.3, 0.4) is 0 Å². The van der Waals surface area contributed by atoms with Crippen molar-refractivity contribution in [3.8, 4) is 0 Å². The SMILES string of the molecule is CC1=CC(=O)C(c2ccc(C)cc2)C2c3ccccc3C=CN12. The molecule has 2 aromatic rings. The number of rotatable bonds is 1. The average molecular weight is 301 g/mol. The van der Waals surface area contributed by atoms with Gasteiger partial charge >= 0.3 is 0 Å². The summed E-state index contributed by atoms with van der Waals surface area (Å²) in [6, 6.07) is 16.8. The largest absolute Gasteiger partial charge is 0.343 e. The van der Waals surface area contributed by atoms with Crippen LogP contribution in [0.25, 0.3) is 6.08 Å². The molecule has 0 aliphatic carbocycles. The monoisotopic (exact) mass is 301 g/mol. The highest BCUT2D eigenvalue weighted by atomic mass is 16.1. The van der Waals surface area contributed by atoms with Crippen molar-refractivity contribution in [3.05, 3.63) is 88.8 Å². The summed E-state index contributed by atoms with van der Waals surface area (Å²) >= 11 is 0. The Morgan fingerprint density at radius 2 is 1.70 bits per heavy atom. The maximum atomic E-state index is 12.8. The van der Waals surface area contributed by atoms with Gasteiger partial charge in [-0.05, 0) is 36.6 Å². The molecular formula is C21H19NO. The Morgan fingerprint density at radius 3 is 2.48 bits per heavy atom. The number of allylic oxidation sites excluding steroid dienone is 2. The second-order valence-corrected chi connectivity index (χ2v) is 6.37. The van der Waals surface area contributed by atoms with Crippen LogP contribution in [0, 0.1) is 6.92 Å². The van der Waals surface area contributed by atoms with E-state index in [4.69, 9.17) is 0 Å². The first-order chi connectivity index (χ1) is 11.1. The van der Waals surface area contributed by atoms with Crippen LogP contribution in [0.1, 0.15) is 41.1 Å². The molecule has 0 amide bonds.